The van der Waals surface area contributed by atoms with Crippen LogP contribution in [0.4, 0.5) is 0 Å². The van der Waals surface area contributed by atoms with Crippen molar-refractivity contribution in [3.63, 3.8) is 0 Å². The molecule has 0 spiro atoms. The number of nitrogens with zero attached hydrogens (tertiary/aromatic N) is 3. The molecule has 0 unspecified atom stereocenters. The van der Waals surface area contributed by atoms with Crippen molar-refractivity contribution in [3.05, 3.63) is 176 Å². The second kappa shape index (κ2) is 11.8. The fourth-order valence-electron chi connectivity index (χ4n) is 9.26. The Hall–Kier alpha value is -6.92. The van der Waals surface area contributed by atoms with Gasteiger partial charge in [-0.05, 0) is 52.6 Å². The van der Waals surface area contributed by atoms with Crippen LogP contribution >= 0.6 is 22.7 Å². The molecule has 9 aromatic carbocycles. The third-order valence-electron chi connectivity index (χ3n) is 11.8. The van der Waals surface area contributed by atoms with Gasteiger partial charge in [-0.25, -0.2) is 9.97 Å². The first-order chi connectivity index (χ1) is 28.3. The maximum Gasteiger partial charge on any atom is 0.161 e. The first-order valence-electron chi connectivity index (χ1n) is 19.2. The predicted octanol–water partition coefficient (Wildman–Crippen LogP) is 15.1. The number of fused-ring (bicyclic) bond motifs is 14. The Morgan fingerprint density at radius 1 is 0.404 bits per heavy atom. The van der Waals surface area contributed by atoms with Crippen molar-refractivity contribution in [2.75, 3.05) is 0 Å². The molecule has 0 aliphatic rings. The van der Waals surface area contributed by atoms with Crippen LogP contribution in [0.2, 0.25) is 0 Å². The largest absolute Gasteiger partial charge is 0.309 e. The van der Waals surface area contributed by atoms with Gasteiger partial charge in [0.2, 0.25) is 0 Å². The Morgan fingerprint density at radius 3 is 1.82 bits per heavy atom. The number of aromatic nitrogens is 3. The summed E-state index contributed by atoms with van der Waals surface area (Å²) in [5.41, 5.74) is 7.56. The van der Waals surface area contributed by atoms with E-state index in [1.165, 1.54) is 83.7 Å². The molecule has 13 aromatic rings. The Labute approximate surface area is 334 Å². The molecular formula is C52H29N3S2. The van der Waals surface area contributed by atoms with Crippen molar-refractivity contribution >= 4 is 117 Å². The van der Waals surface area contributed by atoms with Gasteiger partial charge in [-0.1, -0.05) is 140 Å². The van der Waals surface area contributed by atoms with Crippen LogP contribution in [0.5, 0.6) is 0 Å². The van der Waals surface area contributed by atoms with Gasteiger partial charge in [-0.15, -0.1) is 22.7 Å². The van der Waals surface area contributed by atoms with E-state index in [-0.39, 0.29) is 0 Å². The van der Waals surface area contributed by atoms with E-state index in [4.69, 9.17) is 9.97 Å². The van der Waals surface area contributed by atoms with Gasteiger partial charge in [0.15, 0.2) is 5.82 Å². The first kappa shape index (κ1) is 31.3. The minimum atomic E-state index is 0.733. The molecule has 57 heavy (non-hydrogen) atoms. The molecule has 0 saturated heterocycles. The van der Waals surface area contributed by atoms with E-state index >= 15 is 0 Å². The molecule has 0 aliphatic heterocycles. The smallest absolute Gasteiger partial charge is 0.161 e. The third-order valence-corrected chi connectivity index (χ3v) is 14.2. The van der Waals surface area contributed by atoms with E-state index in [1.54, 1.807) is 0 Å². The lowest BCUT2D eigenvalue weighted by Gasteiger charge is -2.14. The number of benzene rings is 9. The average Bonchev–Trinajstić information content (AvgIpc) is 3.96. The lowest BCUT2D eigenvalue weighted by molar-refractivity contribution is 1.18. The van der Waals surface area contributed by atoms with Gasteiger partial charge < -0.3 is 4.57 Å². The third kappa shape index (κ3) is 4.47. The summed E-state index contributed by atoms with van der Waals surface area (Å²) in [4.78, 5) is 11.0. The molecule has 4 aromatic heterocycles. The minimum absolute atomic E-state index is 0.733. The highest BCUT2D eigenvalue weighted by molar-refractivity contribution is 7.26. The molecule has 0 atom stereocenters. The molecule has 0 amide bonds. The molecule has 0 N–H and O–H groups in total. The number of para-hydroxylation sites is 1. The second-order valence-corrected chi connectivity index (χ2v) is 17.0. The summed E-state index contributed by atoms with van der Waals surface area (Å²) >= 11 is 3.67. The van der Waals surface area contributed by atoms with Crippen LogP contribution in [0.1, 0.15) is 0 Å². The standard InChI is InChI=1S/C52H29N3S2/c1-3-14-33-30(12-1)25-27-44-47(33)39-26-24-31-13-2-4-15-34(31)49(39)55(44)32-28-41-36-17-7-10-23-46(36)57-51(41)42(29-32)52-53-43-21-8-5-18-38(43)48(54-52)40-20-11-19-37-35-16-6-9-22-45(35)56-50(37)40/h1-29H. The summed E-state index contributed by atoms with van der Waals surface area (Å²) in [6, 6.07) is 64.0. The van der Waals surface area contributed by atoms with Crippen molar-refractivity contribution in [2.45, 2.75) is 0 Å². The monoisotopic (exact) mass is 759 g/mol. The molecule has 0 saturated carbocycles. The summed E-state index contributed by atoms with van der Waals surface area (Å²) < 4.78 is 7.47. The second-order valence-electron chi connectivity index (χ2n) is 14.9. The molecule has 0 aliphatic carbocycles. The quantitative estimate of drug-likeness (QED) is 0.180. The van der Waals surface area contributed by atoms with Gasteiger partial charge >= 0.3 is 0 Å². The van der Waals surface area contributed by atoms with Crippen LogP contribution in [0.15, 0.2) is 176 Å². The molecule has 0 radical (unpaired) electrons. The van der Waals surface area contributed by atoms with Crippen molar-refractivity contribution < 1.29 is 0 Å². The number of hydrogen-bond acceptors (Lipinski definition) is 4. The van der Waals surface area contributed by atoms with Gasteiger partial charge in [0.25, 0.3) is 0 Å². The maximum absolute atomic E-state index is 5.61. The SMILES string of the molecule is c1ccc2c(c1)ccc1c2c2ccc3ccccc3c2n1-c1cc(-c2nc(-c3cccc4c3sc3ccccc34)c3ccccc3n2)c2sc3ccccc3c2c1. The highest BCUT2D eigenvalue weighted by Crippen LogP contribution is 2.46. The van der Waals surface area contributed by atoms with Crippen molar-refractivity contribution in [1.29, 1.82) is 0 Å². The lowest BCUT2D eigenvalue weighted by Crippen LogP contribution is -1.99. The van der Waals surface area contributed by atoms with Crippen LogP contribution in [0.25, 0.3) is 123 Å². The summed E-state index contributed by atoms with van der Waals surface area (Å²) in [6.45, 7) is 0. The fraction of sp³-hybridized carbons (Fsp3) is 0. The zero-order chi connectivity index (χ0) is 37.2. The molecular weight excluding hydrogens is 731 g/mol. The molecule has 5 heteroatoms. The van der Waals surface area contributed by atoms with Crippen LogP contribution in [0, 0.1) is 0 Å². The predicted molar refractivity (Wildman–Crippen MR) is 246 cm³/mol. The zero-order valence-corrected chi connectivity index (χ0v) is 32.0. The molecule has 3 nitrogen and oxygen atoms in total. The lowest BCUT2D eigenvalue weighted by atomic mass is 10.0. The number of rotatable bonds is 3. The molecule has 4 heterocycles. The number of thiophene rings is 2. The Morgan fingerprint density at radius 2 is 1.02 bits per heavy atom. The Balaban J connectivity index is 1.17. The van der Waals surface area contributed by atoms with E-state index in [0.29, 0.717) is 0 Å². The van der Waals surface area contributed by atoms with Gasteiger partial charge in [-0.2, -0.15) is 0 Å². The first-order valence-corrected chi connectivity index (χ1v) is 20.9. The van der Waals surface area contributed by atoms with E-state index < -0.39 is 0 Å². The molecule has 0 fully saturated rings. The minimum Gasteiger partial charge on any atom is -0.309 e. The normalized spacial score (nSPS) is 12.2. The van der Waals surface area contributed by atoms with Gasteiger partial charge in [0.05, 0.1) is 22.2 Å². The van der Waals surface area contributed by atoms with E-state index in [0.717, 1.165) is 39.2 Å². The molecule has 13 rings (SSSR count). The van der Waals surface area contributed by atoms with Crippen LogP contribution in [-0.4, -0.2) is 14.5 Å². The van der Waals surface area contributed by atoms with Gasteiger partial charge in [-0.3, -0.25) is 0 Å². The number of hydrogen-bond donors (Lipinski definition) is 0. The highest BCUT2D eigenvalue weighted by Gasteiger charge is 2.23. The molecule has 264 valence electrons. The Bertz CT molecular complexity index is 3830. The van der Waals surface area contributed by atoms with Crippen LogP contribution < -0.4 is 0 Å². The zero-order valence-electron chi connectivity index (χ0n) is 30.4. The molecule has 0 bridgehead atoms. The van der Waals surface area contributed by atoms with Crippen LogP contribution in [0.3, 0.4) is 0 Å². The van der Waals surface area contributed by atoms with Crippen molar-refractivity contribution in [1.82, 2.24) is 14.5 Å². The fourth-order valence-corrected chi connectivity index (χ4v) is 11.7. The summed E-state index contributed by atoms with van der Waals surface area (Å²) in [7, 11) is 0. The highest BCUT2D eigenvalue weighted by atomic mass is 32.1. The summed E-state index contributed by atoms with van der Waals surface area (Å²) in [5, 5.41) is 13.5. The van der Waals surface area contributed by atoms with E-state index in [1.807, 2.05) is 22.7 Å². The van der Waals surface area contributed by atoms with E-state index in [9.17, 15) is 0 Å². The summed E-state index contributed by atoms with van der Waals surface area (Å²) in [5.74, 6) is 0.733. The topological polar surface area (TPSA) is 30.7 Å². The Kier molecular flexibility index (Phi) is 6.48. The van der Waals surface area contributed by atoms with Gasteiger partial charge in [0.1, 0.15) is 0 Å². The maximum atomic E-state index is 5.61. The van der Waals surface area contributed by atoms with Crippen LogP contribution in [-0.2, 0) is 0 Å². The average molecular weight is 760 g/mol. The van der Waals surface area contributed by atoms with Crippen molar-refractivity contribution in [2.24, 2.45) is 0 Å². The summed E-state index contributed by atoms with van der Waals surface area (Å²) in [6.07, 6.45) is 0. The van der Waals surface area contributed by atoms with Gasteiger partial charge in [0, 0.05) is 78.7 Å². The van der Waals surface area contributed by atoms with E-state index in [2.05, 4.69) is 180 Å². The van der Waals surface area contributed by atoms with Crippen molar-refractivity contribution in [3.8, 4) is 28.3 Å².